The van der Waals surface area contributed by atoms with Gasteiger partial charge in [0.15, 0.2) is 11.6 Å². The van der Waals surface area contributed by atoms with Gasteiger partial charge in [-0.05, 0) is 49.6 Å². The van der Waals surface area contributed by atoms with Crippen LogP contribution in [0.1, 0.15) is 35.2 Å². The standard InChI is InChI=1S/C25H26F2N2O3S/c1-16-10-12-21(17(2)14-16)24(19-8-6-5-7-9-19)28-25(30)18(3)29(33(4,31)32)20-11-13-22(26)23(27)15-20/h5-15,18,24H,1-4H3,(H,28,30)/t18-,24-/m1/s1. The Morgan fingerprint density at radius 2 is 1.61 bits per heavy atom. The normalized spacial score (nSPS) is 13.3. The van der Waals surface area contributed by atoms with E-state index in [1.54, 1.807) is 0 Å². The summed E-state index contributed by atoms with van der Waals surface area (Å²) in [7, 11) is -3.99. The first kappa shape index (κ1) is 24.4. The van der Waals surface area contributed by atoms with Crippen LogP contribution in [0.2, 0.25) is 0 Å². The van der Waals surface area contributed by atoms with Gasteiger partial charge in [0.1, 0.15) is 6.04 Å². The van der Waals surface area contributed by atoms with Gasteiger partial charge in [-0.25, -0.2) is 17.2 Å². The fourth-order valence-electron chi connectivity index (χ4n) is 3.83. The Hall–Kier alpha value is -3.26. The molecule has 5 nitrogen and oxygen atoms in total. The van der Waals surface area contributed by atoms with Crippen molar-refractivity contribution in [2.24, 2.45) is 0 Å². The third kappa shape index (κ3) is 5.57. The molecular formula is C25H26F2N2O3S. The number of aryl methyl sites for hydroxylation is 2. The number of carbonyl (C=O) groups excluding carboxylic acids is 1. The van der Waals surface area contributed by atoms with Crippen molar-refractivity contribution < 1.29 is 22.0 Å². The van der Waals surface area contributed by atoms with Crippen molar-refractivity contribution in [3.8, 4) is 0 Å². The van der Waals surface area contributed by atoms with Crippen LogP contribution < -0.4 is 9.62 Å². The van der Waals surface area contributed by atoms with E-state index in [9.17, 15) is 22.0 Å². The lowest BCUT2D eigenvalue weighted by Crippen LogP contribution is -2.49. The van der Waals surface area contributed by atoms with E-state index in [1.807, 2.05) is 62.4 Å². The van der Waals surface area contributed by atoms with Crippen molar-refractivity contribution in [2.45, 2.75) is 32.9 Å². The highest BCUT2D eigenvalue weighted by atomic mass is 32.2. The molecule has 33 heavy (non-hydrogen) atoms. The summed E-state index contributed by atoms with van der Waals surface area (Å²) in [6.07, 6.45) is 0.914. The van der Waals surface area contributed by atoms with Crippen LogP contribution in [0.5, 0.6) is 0 Å². The van der Waals surface area contributed by atoms with Crippen molar-refractivity contribution in [1.29, 1.82) is 0 Å². The van der Waals surface area contributed by atoms with Gasteiger partial charge in [-0.3, -0.25) is 9.10 Å². The van der Waals surface area contributed by atoms with Crippen LogP contribution in [0.4, 0.5) is 14.5 Å². The highest BCUT2D eigenvalue weighted by molar-refractivity contribution is 7.92. The maximum atomic E-state index is 13.8. The molecule has 0 heterocycles. The fraction of sp³-hybridized carbons (Fsp3) is 0.240. The summed E-state index contributed by atoms with van der Waals surface area (Å²) in [5.41, 5.74) is 3.60. The fourth-order valence-corrected chi connectivity index (χ4v) is 5.00. The molecule has 0 saturated heterocycles. The van der Waals surface area contributed by atoms with E-state index in [1.165, 1.54) is 6.92 Å². The molecular weight excluding hydrogens is 446 g/mol. The molecule has 2 atom stereocenters. The molecule has 0 aliphatic rings. The monoisotopic (exact) mass is 472 g/mol. The highest BCUT2D eigenvalue weighted by Gasteiger charge is 2.31. The number of nitrogens with one attached hydrogen (secondary N) is 1. The van der Waals surface area contributed by atoms with Gasteiger partial charge in [0.25, 0.3) is 0 Å². The average Bonchev–Trinajstić information content (AvgIpc) is 2.74. The minimum absolute atomic E-state index is 0.137. The largest absolute Gasteiger partial charge is 0.343 e. The van der Waals surface area contributed by atoms with Gasteiger partial charge in [0.2, 0.25) is 15.9 Å². The van der Waals surface area contributed by atoms with E-state index < -0.39 is 39.6 Å². The smallest absolute Gasteiger partial charge is 0.244 e. The summed E-state index contributed by atoms with van der Waals surface area (Å²) in [4.78, 5) is 13.3. The van der Waals surface area contributed by atoms with Gasteiger partial charge in [0.05, 0.1) is 18.0 Å². The lowest BCUT2D eigenvalue weighted by Gasteiger charge is -2.30. The number of hydrogen-bond acceptors (Lipinski definition) is 3. The van der Waals surface area contributed by atoms with Crippen LogP contribution in [0.3, 0.4) is 0 Å². The zero-order valence-electron chi connectivity index (χ0n) is 18.8. The van der Waals surface area contributed by atoms with Crippen LogP contribution in [-0.2, 0) is 14.8 Å². The van der Waals surface area contributed by atoms with Crippen molar-refractivity contribution in [2.75, 3.05) is 10.6 Å². The number of nitrogens with zero attached hydrogens (tertiary/aromatic N) is 1. The second-order valence-electron chi connectivity index (χ2n) is 8.05. The lowest BCUT2D eigenvalue weighted by atomic mass is 9.93. The summed E-state index contributed by atoms with van der Waals surface area (Å²) in [6, 6.07) is 16.2. The Morgan fingerprint density at radius 3 is 2.18 bits per heavy atom. The first-order valence-corrected chi connectivity index (χ1v) is 12.2. The quantitative estimate of drug-likeness (QED) is 0.545. The molecule has 0 radical (unpaired) electrons. The summed E-state index contributed by atoms with van der Waals surface area (Å²) >= 11 is 0. The van der Waals surface area contributed by atoms with Crippen LogP contribution in [-0.4, -0.2) is 26.6 Å². The molecule has 3 aromatic carbocycles. The van der Waals surface area contributed by atoms with Crippen molar-refractivity contribution in [3.63, 3.8) is 0 Å². The summed E-state index contributed by atoms with van der Waals surface area (Å²) in [5.74, 6) is -2.89. The van der Waals surface area contributed by atoms with E-state index in [-0.39, 0.29) is 5.69 Å². The van der Waals surface area contributed by atoms with E-state index in [4.69, 9.17) is 0 Å². The molecule has 1 amide bonds. The van der Waals surface area contributed by atoms with Crippen molar-refractivity contribution in [1.82, 2.24) is 5.32 Å². The molecule has 8 heteroatoms. The minimum atomic E-state index is -3.99. The number of benzene rings is 3. The number of halogens is 2. The minimum Gasteiger partial charge on any atom is -0.343 e. The van der Waals surface area contributed by atoms with E-state index in [0.29, 0.717) is 0 Å². The molecule has 3 aromatic rings. The second kappa shape index (κ2) is 9.70. The Labute approximate surface area is 193 Å². The molecule has 0 bridgehead atoms. The summed E-state index contributed by atoms with van der Waals surface area (Å²) < 4.78 is 53.1. The number of amides is 1. The summed E-state index contributed by atoms with van der Waals surface area (Å²) in [5, 5.41) is 2.95. The molecule has 174 valence electrons. The SMILES string of the molecule is Cc1ccc([C@H](NC(=O)[C@@H](C)N(c2ccc(F)c(F)c2)S(C)(=O)=O)c2ccccc2)c(C)c1. The molecule has 0 saturated carbocycles. The molecule has 0 aromatic heterocycles. The zero-order valence-corrected chi connectivity index (χ0v) is 19.7. The van der Waals surface area contributed by atoms with Gasteiger partial charge in [-0.15, -0.1) is 0 Å². The number of carbonyl (C=O) groups is 1. The van der Waals surface area contributed by atoms with Gasteiger partial charge >= 0.3 is 0 Å². The number of anilines is 1. The van der Waals surface area contributed by atoms with Gasteiger partial charge in [-0.1, -0.05) is 54.1 Å². The third-order valence-electron chi connectivity index (χ3n) is 5.40. The average molecular weight is 473 g/mol. The number of sulfonamides is 1. The lowest BCUT2D eigenvalue weighted by molar-refractivity contribution is -0.122. The predicted octanol–water partition coefficient (Wildman–Crippen LogP) is 4.64. The Kier molecular flexibility index (Phi) is 7.17. The van der Waals surface area contributed by atoms with Gasteiger partial charge in [-0.2, -0.15) is 0 Å². The predicted molar refractivity (Wildman–Crippen MR) is 125 cm³/mol. The topological polar surface area (TPSA) is 66.5 Å². The second-order valence-corrected chi connectivity index (χ2v) is 9.90. The number of rotatable bonds is 7. The highest BCUT2D eigenvalue weighted by Crippen LogP contribution is 2.28. The van der Waals surface area contributed by atoms with E-state index >= 15 is 0 Å². The zero-order chi connectivity index (χ0) is 24.3. The van der Waals surface area contributed by atoms with Crippen LogP contribution in [0.25, 0.3) is 0 Å². The van der Waals surface area contributed by atoms with Gasteiger partial charge < -0.3 is 5.32 Å². The van der Waals surface area contributed by atoms with E-state index in [2.05, 4.69) is 5.32 Å². The third-order valence-corrected chi connectivity index (χ3v) is 6.64. The molecule has 0 unspecified atom stereocenters. The Morgan fingerprint density at radius 1 is 0.939 bits per heavy atom. The van der Waals surface area contributed by atoms with Gasteiger partial charge in [0, 0.05) is 6.07 Å². The molecule has 0 fully saturated rings. The van der Waals surface area contributed by atoms with Crippen molar-refractivity contribution in [3.05, 3.63) is 101 Å². The summed E-state index contributed by atoms with van der Waals surface area (Å²) in [6.45, 7) is 5.32. The molecule has 3 rings (SSSR count). The maximum Gasteiger partial charge on any atom is 0.244 e. The Balaban J connectivity index is 2.00. The maximum absolute atomic E-state index is 13.8. The van der Waals surface area contributed by atoms with Crippen LogP contribution >= 0.6 is 0 Å². The number of hydrogen-bond donors (Lipinski definition) is 1. The van der Waals surface area contributed by atoms with E-state index in [0.717, 1.165) is 51.0 Å². The van der Waals surface area contributed by atoms with Crippen LogP contribution in [0, 0.1) is 25.5 Å². The molecule has 0 aliphatic carbocycles. The Bertz CT molecular complexity index is 1260. The molecule has 0 aliphatic heterocycles. The van der Waals surface area contributed by atoms with Crippen LogP contribution in [0.15, 0.2) is 66.7 Å². The first-order chi connectivity index (χ1) is 15.5. The first-order valence-electron chi connectivity index (χ1n) is 10.4. The molecule has 1 N–H and O–H groups in total. The van der Waals surface area contributed by atoms with Crippen molar-refractivity contribution >= 4 is 21.6 Å². The molecule has 0 spiro atoms.